The molecule has 0 amide bonds. The molecule has 12 aromatic rings. The SMILES string of the molecule is c1ccc2c(-c3ccc(-c4nc(-c5ccc(-c6cccc7oc8ccccc8c67)cc5)nc(-c5ccc6c(ccc7oc8ccccc8c76)c5)n4)cc3)cccc2c1. The number of hydrogen-bond acceptors (Lipinski definition) is 5. The van der Waals surface area contributed by atoms with Gasteiger partial charge in [-0.3, -0.25) is 0 Å². The predicted molar refractivity (Wildman–Crippen MR) is 237 cm³/mol. The molecule has 3 heterocycles. The van der Waals surface area contributed by atoms with E-state index in [0.29, 0.717) is 17.5 Å². The Morgan fingerprint density at radius 3 is 1.47 bits per heavy atom. The normalized spacial score (nSPS) is 11.8. The largest absolute Gasteiger partial charge is 0.456 e. The van der Waals surface area contributed by atoms with Gasteiger partial charge in [0.15, 0.2) is 17.5 Å². The topological polar surface area (TPSA) is 65.0 Å². The Bertz CT molecular complexity index is 3560. The van der Waals surface area contributed by atoms with E-state index in [-0.39, 0.29) is 0 Å². The van der Waals surface area contributed by atoms with E-state index in [2.05, 4.69) is 152 Å². The molecule has 0 aliphatic rings. The fraction of sp³-hybridized carbons (Fsp3) is 0. The highest BCUT2D eigenvalue weighted by atomic mass is 16.3. The maximum absolute atomic E-state index is 6.20. The Morgan fingerprint density at radius 2 is 0.759 bits per heavy atom. The van der Waals surface area contributed by atoms with E-state index in [1.165, 1.54) is 16.3 Å². The number of hydrogen-bond donors (Lipinski definition) is 0. The van der Waals surface area contributed by atoms with Gasteiger partial charge in [-0.05, 0) is 74.1 Å². The number of furan rings is 2. The molecule has 0 saturated heterocycles. The van der Waals surface area contributed by atoms with Crippen LogP contribution in [0.25, 0.3) is 122 Å². The molecule has 0 bridgehead atoms. The van der Waals surface area contributed by atoms with Crippen molar-refractivity contribution in [3.8, 4) is 56.4 Å². The Morgan fingerprint density at radius 1 is 0.276 bits per heavy atom. The second-order valence-electron chi connectivity index (χ2n) is 14.7. The number of nitrogens with zero attached hydrogens (tertiary/aromatic N) is 3. The van der Waals surface area contributed by atoms with E-state index in [1.54, 1.807) is 0 Å². The van der Waals surface area contributed by atoms with Gasteiger partial charge in [0, 0.05) is 38.2 Å². The summed E-state index contributed by atoms with van der Waals surface area (Å²) in [5.74, 6) is 1.82. The van der Waals surface area contributed by atoms with Gasteiger partial charge >= 0.3 is 0 Å². The third kappa shape index (κ3) is 5.21. The highest BCUT2D eigenvalue weighted by Crippen LogP contribution is 2.39. The molecule has 0 spiro atoms. The highest BCUT2D eigenvalue weighted by Gasteiger charge is 2.17. The first-order valence-corrected chi connectivity index (χ1v) is 19.4. The smallest absolute Gasteiger partial charge is 0.164 e. The van der Waals surface area contributed by atoms with Gasteiger partial charge in [-0.2, -0.15) is 0 Å². The minimum Gasteiger partial charge on any atom is -0.456 e. The monoisotopic (exact) mass is 741 g/mol. The molecule has 0 aliphatic carbocycles. The van der Waals surface area contributed by atoms with E-state index in [0.717, 1.165) is 88.0 Å². The number of aromatic nitrogens is 3. The molecule has 5 heteroatoms. The van der Waals surface area contributed by atoms with E-state index in [9.17, 15) is 0 Å². The zero-order valence-corrected chi connectivity index (χ0v) is 31.1. The molecule has 3 aromatic heterocycles. The van der Waals surface area contributed by atoms with Gasteiger partial charge in [0.25, 0.3) is 0 Å². The fourth-order valence-electron chi connectivity index (χ4n) is 8.55. The van der Waals surface area contributed by atoms with Crippen LogP contribution in [0.3, 0.4) is 0 Å². The number of fused-ring (bicyclic) bond motifs is 9. The van der Waals surface area contributed by atoms with Crippen molar-refractivity contribution >= 4 is 65.4 Å². The van der Waals surface area contributed by atoms with Crippen molar-refractivity contribution in [2.75, 3.05) is 0 Å². The number of rotatable bonds is 5. The Kier molecular flexibility index (Phi) is 7.16. The summed E-state index contributed by atoms with van der Waals surface area (Å²) < 4.78 is 12.4. The molecule has 0 unspecified atom stereocenters. The fourth-order valence-corrected chi connectivity index (χ4v) is 8.55. The number of benzene rings is 9. The van der Waals surface area contributed by atoms with Crippen LogP contribution in [0.1, 0.15) is 0 Å². The average Bonchev–Trinajstić information content (AvgIpc) is 3.88. The van der Waals surface area contributed by atoms with Crippen molar-refractivity contribution in [1.82, 2.24) is 15.0 Å². The van der Waals surface area contributed by atoms with Gasteiger partial charge in [0.1, 0.15) is 22.3 Å². The zero-order chi connectivity index (χ0) is 38.2. The van der Waals surface area contributed by atoms with E-state index < -0.39 is 0 Å². The summed E-state index contributed by atoms with van der Waals surface area (Å²) in [4.78, 5) is 15.4. The summed E-state index contributed by atoms with van der Waals surface area (Å²) in [6.45, 7) is 0. The lowest BCUT2D eigenvalue weighted by atomic mass is 9.97. The molecule has 270 valence electrons. The van der Waals surface area contributed by atoms with Gasteiger partial charge in [0.05, 0.1) is 0 Å². The summed E-state index contributed by atoms with van der Waals surface area (Å²) >= 11 is 0. The van der Waals surface area contributed by atoms with Crippen molar-refractivity contribution < 1.29 is 8.83 Å². The van der Waals surface area contributed by atoms with Crippen LogP contribution in [-0.2, 0) is 0 Å². The van der Waals surface area contributed by atoms with Gasteiger partial charge in [0.2, 0.25) is 0 Å². The van der Waals surface area contributed by atoms with Crippen LogP contribution < -0.4 is 0 Å². The van der Waals surface area contributed by atoms with Crippen LogP contribution in [0.5, 0.6) is 0 Å². The number of para-hydroxylation sites is 2. The van der Waals surface area contributed by atoms with Gasteiger partial charge in [-0.15, -0.1) is 0 Å². The van der Waals surface area contributed by atoms with Gasteiger partial charge in [-0.25, -0.2) is 15.0 Å². The first-order valence-electron chi connectivity index (χ1n) is 19.4. The molecule has 5 nitrogen and oxygen atoms in total. The Hall–Kier alpha value is -7.89. The lowest BCUT2D eigenvalue weighted by Crippen LogP contribution is -2.00. The van der Waals surface area contributed by atoms with Crippen molar-refractivity contribution in [3.63, 3.8) is 0 Å². The summed E-state index contributed by atoms with van der Waals surface area (Å²) in [6, 6.07) is 65.2. The Labute approximate surface area is 332 Å². The molecule has 0 aliphatic heterocycles. The molecule has 0 atom stereocenters. The van der Waals surface area contributed by atoms with Crippen molar-refractivity contribution in [2.24, 2.45) is 0 Å². The van der Waals surface area contributed by atoms with Crippen molar-refractivity contribution in [3.05, 3.63) is 188 Å². The van der Waals surface area contributed by atoms with Crippen molar-refractivity contribution in [2.45, 2.75) is 0 Å². The van der Waals surface area contributed by atoms with Gasteiger partial charge < -0.3 is 8.83 Å². The lowest BCUT2D eigenvalue weighted by molar-refractivity contribution is 0.668. The molecular formula is C53H31N3O2. The predicted octanol–water partition coefficient (Wildman–Crippen LogP) is 14.3. The molecule has 9 aromatic carbocycles. The molecule has 12 rings (SSSR count). The quantitative estimate of drug-likeness (QED) is 0.176. The second kappa shape index (κ2) is 12.8. The van der Waals surface area contributed by atoms with E-state index in [4.69, 9.17) is 23.8 Å². The zero-order valence-electron chi connectivity index (χ0n) is 31.1. The van der Waals surface area contributed by atoms with Crippen LogP contribution >= 0.6 is 0 Å². The second-order valence-corrected chi connectivity index (χ2v) is 14.7. The summed E-state index contributed by atoms with van der Waals surface area (Å²) in [5.41, 5.74) is 10.8. The first-order chi connectivity index (χ1) is 28.7. The third-order valence-electron chi connectivity index (χ3n) is 11.4. The molecule has 58 heavy (non-hydrogen) atoms. The maximum Gasteiger partial charge on any atom is 0.164 e. The minimum atomic E-state index is 0.605. The van der Waals surface area contributed by atoms with E-state index >= 15 is 0 Å². The van der Waals surface area contributed by atoms with Crippen LogP contribution in [0.4, 0.5) is 0 Å². The Balaban J connectivity index is 0.986. The molecule has 0 N–H and O–H groups in total. The molecule has 0 fully saturated rings. The maximum atomic E-state index is 6.20. The molecular weight excluding hydrogens is 711 g/mol. The summed E-state index contributed by atoms with van der Waals surface area (Å²) in [7, 11) is 0. The van der Waals surface area contributed by atoms with Gasteiger partial charge in [-0.1, -0.05) is 158 Å². The molecule has 0 radical (unpaired) electrons. The van der Waals surface area contributed by atoms with Crippen LogP contribution in [-0.4, -0.2) is 15.0 Å². The van der Waals surface area contributed by atoms with Crippen LogP contribution in [0.2, 0.25) is 0 Å². The minimum absolute atomic E-state index is 0.605. The molecule has 0 saturated carbocycles. The standard InChI is InChI=1S/C53H31N3O2/c1-2-11-39-32(9-1)10-7-14-40(39)33-19-23-35(24-20-33)51-54-52(36-25-21-34(22-26-36)41-15-8-18-47-49(41)43-12-3-5-16-45(43)57-47)56-53(55-51)38-27-29-42-37(31-38)28-30-48-50(42)44-13-4-6-17-46(44)58-48/h1-31H. The average molecular weight is 742 g/mol. The first kappa shape index (κ1) is 32.4. The third-order valence-corrected chi connectivity index (χ3v) is 11.4. The van der Waals surface area contributed by atoms with Crippen LogP contribution in [0, 0.1) is 0 Å². The van der Waals surface area contributed by atoms with E-state index in [1.807, 2.05) is 36.4 Å². The highest BCUT2D eigenvalue weighted by molar-refractivity contribution is 6.19. The van der Waals surface area contributed by atoms with Crippen molar-refractivity contribution in [1.29, 1.82) is 0 Å². The summed E-state index contributed by atoms with van der Waals surface area (Å²) in [6.07, 6.45) is 0. The van der Waals surface area contributed by atoms with Crippen LogP contribution in [0.15, 0.2) is 197 Å². The summed E-state index contributed by atoms with van der Waals surface area (Å²) in [5, 5.41) is 9.08. The lowest BCUT2D eigenvalue weighted by Gasteiger charge is -2.11.